The van der Waals surface area contributed by atoms with Crippen LogP contribution >= 0.6 is 22.6 Å². The Morgan fingerprint density at radius 2 is 2.11 bits per heavy atom. The summed E-state index contributed by atoms with van der Waals surface area (Å²) < 4.78 is 12.5. The number of ether oxygens (including phenoxy) is 2. The molecule has 0 heterocycles. The van der Waals surface area contributed by atoms with Gasteiger partial charge in [0.1, 0.15) is 12.2 Å². The summed E-state index contributed by atoms with van der Waals surface area (Å²) in [5.74, 6) is 0.245. The Bertz CT molecular complexity index is 409. The van der Waals surface area contributed by atoms with Crippen molar-refractivity contribution in [2.75, 3.05) is 7.11 Å². The number of methoxy groups -OCH3 is 1. The van der Waals surface area contributed by atoms with Gasteiger partial charge in [0.2, 0.25) is 0 Å². The van der Waals surface area contributed by atoms with Gasteiger partial charge in [-0.2, -0.15) is 0 Å². The summed E-state index contributed by atoms with van der Waals surface area (Å²) in [6.07, 6.45) is 2.86. The second kappa shape index (κ2) is 8.43. The van der Waals surface area contributed by atoms with Crippen LogP contribution in [0.25, 0.3) is 0 Å². The number of halogens is 1. The SMILES string of the molecule is C=C(N)O[C@H](CCCC)[C@H](OC)c1ccccc1I. The van der Waals surface area contributed by atoms with Crippen molar-refractivity contribution in [2.45, 2.75) is 38.4 Å². The van der Waals surface area contributed by atoms with E-state index in [4.69, 9.17) is 15.2 Å². The Morgan fingerprint density at radius 1 is 1.42 bits per heavy atom. The third kappa shape index (κ3) is 5.03. The molecule has 1 rings (SSSR count). The molecule has 0 saturated heterocycles. The van der Waals surface area contributed by atoms with E-state index in [-0.39, 0.29) is 18.1 Å². The molecule has 0 aromatic heterocycles. The van der Waals surface area contributed by atoms with Gasteiger partial charge in [-0.15, -0.1) is 0 Å². The number of hydrogen-bond donors (Lipinski definition) is 1. The van der Waals surface area contributed by atoms with Gasteiger partial charge in [0.25, 0.3) is 0 Å². The van der Waals surface area contributed by atoms with E-state index >= 15 is 0 Å². The highest BCUT2D eigenvalue weighted by atomic mass is 127. The lowest BCUT2D eigenvalue weighted by Gasteiger charge is -2.27. The van der Waals surface area contributed by atoms with Crippen LogP contribution < -0.4 is 5.73 Å². The van der Waals surface area contributed by atoms with Gasteiger partial charge in [-0.05, 0) is 53.6 Å². The van der Waals surface area contributed by atoms with Gasteiger partial charge in [-0.3, -0.25) is 0 Å². The molecule has 2 atom stereocenters. The summed E-state index contributed by atoms with van der Waals surface area (Å²) in [6, 6.07) is 8.16. The Kier molecular flexibility index (Phi) is 7.23. The smallest absolute Gasteiger partial charge is 0.177 e. The van der Waals surface area contributed by atoms with E-state index in [0.29, 0.717) is 0 Å². The molecule has 1 aromatic rings. The summed E-state index contributed by atoms with van der Waals surface area (Å²) in [7, 11) is 1.70. The van der Waals surface area contributed by atoms with Crippen LogP contribution in [0.5, 0.6) is 0 Å². The van der Waals surface area contributed by atoms with Gasteiger partial charge in [-0.25, -0.2) is 0 Å². The highest BCUT2D eigenvalue weighted by Crippen LogP contribution is 2.30. The normalized spacial score (nSPS) is 13.8. The average Bonchev–Trinajstić information content (AvgIpc) is 2.38. The highest BCUT2D eigenvalue weighted by Gasteiger charge is 2.26. The van der Waals surface area contributed by atoms with E-state index in [0.717, 1.165) is 24.8 Å². The van der Waals surface area contributed by atoms with E-state index in [1.54, 1.807) is 7.11 Å². The molecule has 0 unspecified atom stereocenters. The van der Waals surface area contributed by atoms with Crippen LogP contribution in [0.4, 0.5) is 0 Å². The number of nitrogens with two attached hydrogens (primary N) is 1. The lowest BCUT2D eigenvalue weighted by molar-refractivity contribution is -0.0367. The van der Waals surface area contributed by atoms with E-state index in [2.05, 4.69) is 48.2 Å². The summed E-state index contributed by atoms with van der Waals surface area (Å²) in [6.45, 7) is 5.79. The Labute approximate surface area is 129 Å². The summed E-state index contributed by atoms with van der Waals surface area (Å²) in [5.41, 5.74) is 6.73. The number of hydrogen-bond acceptors (Lipinski definition) is 3. The van der Waals surface area contributed by atoms with Crippen LogP contribution in [0.2, 0.25) is 0 Å². The van der Waals surface area contributed by atoms with Crippen molar-refractivity contribution >= 4 is 22.6 Å². The lowest BCUT2D eigenvalue weighted by atomic mass is 10.00. The average molecular weight is 375 g/mol. The molecule has 0 fully saturated rings. The maximum absolute atomic E-state index is 5.67. The van der Waals surface area contributed by atoms with Crippen LogP contribution in [0.15, 0.2) is 36.7 Å². The largest absolute Gasteiger partial charge is 0.474 e. The second-order valence-corrected chi connectivity index (χ2v) is 5.60. The Balaban J connectivity index is 2.94. The molecule has 19 heavy (non-hydrogen) atoms. The molecule has 4 heteroatoms. The van der Waals surface area contributed by atoms with Crippen LogP contribution in [-0.4, -0.2) is 13.2 Å². The van der Waals surface area contributed by atoms with Gasteiger partial charge >= 0.3 is 0 Å². The van der Waals surface area contributed by atoms with Gasteiger partial charge in [0, 0.05) is 10.7 Å². The van der Waals surface area contributed by atoms with E-state index in [9.17, 15) is 0 Å². The Morgan fingerprint density at radius 3 is 2.63 bits per heavy atom. The molecule has 0 aliphatic carbocycles. The summed E-state index contributed by atoms with van der Waals surface area (Å²) in [5, 5.41) is 0. The molecular weight excluding hydrogens is 353 g/mol. The van der Waals surface area contributed by atoms with E-state index < -0.39 is 0 Å². The molecule has 0 amide bonds. The predicted molar refractivity (Wildman–Crippen MR) is 86.6 cm³/mol. The van der Waals surface area contributed by atoms with Crippen molar-refractivity contribution < 1.29 is 9.47 Å². The van der Waals surface area contributed by atoms with Crippen molar-refractivity contribution in [1.82, 2.24) is 0 Å². The molecule has 0 saturated carbocycles. The first-order valence-corrected chi connectivity index (χ1v) is 7.56. The van der Waals surface area contributed by atoms with Crippen molar-refractivity contribution in [3.05, 3.63) is 45.9 Å². The number of benzene rings is 1. The van der Waals surface area contributed by atoms with Crippen LogP contribution in [0, 0.1) is 3.57 Å². The second-order valence-electron chi connectivity index (χ2n) is 4.44. The molecule has 0 aliphatic heterocycles. The molecule has 2 N–H and O–H groups in total. The molecule has 0 radical (unpaired) electrons. The minimum atomic E-state index is -0.125. The van der Waals surface area contributed by atoms with Gasteiger partial charge in [0.15, 0.2) is 5.88 Å². The zero-order valence-electron chi connectivity index (χ0n) is 11.6. The maximum Gasteiger partial charge on any atom is 0.177 e. The monoisotopic (exact) mass is 375 g/mol. The van der Waals surface area contributed by atoms with Crippen LogP contribution in [-0.2, 0) is 9.47 Å². The van der Waals surface area contributed by atoms with Crippen molar-refractivity contribution in [3.63, 3.8) is 0 Å². The molecule has 3 nitrogen and oxygen atoms in total. The third-order valence-corrected chi connectivity index (χ3v) is 3.93. The summed E-state index contributed by atoms with van der Waals surface area (Å²) >= 11 is 2.31. The van der Waals surface area contributed by atoms with Gasteiger partial charge < -0.3 is 15.2 Å². The summed E-state index contributed by atoms with van der Waals surface area (Å²) in [4.78, 5) is 0. The molecule has 106 valence electrons. The quantitative estimate of drug-likeness (QED) is 0.552. The zero-order chi connectivity index (χ0) is 14.3. The first kappa shape index (κ1) is 16.3. The zero-order valence-corrected chi connectivity index (χ0v) is 13.7. The first-order chi connectivity index (χ1) is 9.10. The standard InChI is InChI=1S/C15H22INO2/c1-4-5-10-14(19-11(2)17)15(18-3)12-8-6-7-9-13(12)16/h6-9,14-15H,2,4-5,10,17H2,1,3H3/t14-,15-/m1/s1. The fourth-order valence-electron chi connectivity index (χ4n) is 2.06. The van der Waals surface area contributed by atoms with Gasteiger partial charge in [-0.1, -0.05) is 31.5 Å². The van der Waals surface area contributed by atoms with Crippen molar-refractivity contribution in [3.8, 4) is 0 Å². The van der Waals surface area contributed by atoms with Crippen molar-refractivity contribution in [2.24, 2.45) is 5.73 Å². The van der Waals surface area contributed by atoms with E-state index in [1.807, 2.05) is 12.1 Å². The fourth-order valence-corrected chi connectivity index (χ4v) is 2.75. The minimum absolute atomic E-state index is 0.0987. The Hall–Kier alpha value is -0.750. The molecular formula is C15H22INO2. The highest BCUT2D eigenvalue weighted by molar-refractivity contribution is 14.1. The third-order valence-electron chi connectivity index (χ3n) is 2.95. The first-order valence-electron chi connectivity index (χ1n) is 6.48. The fraction of sp³-hybridized carbons (Fsp3) is 0.467. The molecule has 0 aliphatic rings. The minimum Gasteiger partial charge on any atom is -0.474 e. The molecule has 0 spiro atoms. The number of unbranched alkanes of at least 4 members (excludes halogenated alkanes) is 1. The van der Waals surface area contributed by atoms with Gasteiger partial charge in [0.05, 0.1) is 0 Å². The molecule has 1 aromatic carbocycles. The number of rotatable bonds is 8. The topological polar surface area (TPSA) is 44.5 Å². The predicted octanol–water partition coefficient (Wildman–Crippen LogP) is 3.98. The lowest BCUT2D eigenvalue weighted by Crippen LogP contribution is -2.26. The van der Waals surface area contributed by atoms with Crippen molar-refractivity contribution in [1.29, 1.82) is 0 Å². The van der Waals surface area contributed by atoms with E-state index in [1.165, 1.54) is 3.57 Å². The van der Waals surface area contributed by atoms with Crippen LogP contribution in [0.3, 0.4) is 0 Å². The maximum atomic E-state index is 5.67. The molecule has 0 bridgehead atoms. The van der Waals surface area contributed by atoms with Crippen LogP contribution in [0.1, 0.15) is 37.9 Å².